The third-order valence-electron chi connectivity index (χ3n) is 4.67. The van der Waals surface area contributed by atoms with E-state index in [0.717, 1.165) is 28.3 Å². The number of carbonyl (C=O) groups is 1. The molecule has 29 heavy (non-hydrogen) atoms. The van der Waals surface area contributed by atoms with Gasteiger partial charge in [0.25, 0.3) is 0 Å². The van der Waals surface area contributed by atoms with Crippen molar-refractivity contribution in [3.8, 4) is 17.3 Å². The Hall–Kier alpha value is -3.12. The number of aryl methyl sites for hydroxylation is 2. The minimum Gasteiger partial charge on any atom is -0.439 e. The van der Waals surface area contributed by atoms with E-state index in [4.69, 9.17) is 14.6 Å². The minimum atomic E-state index is -0.0178. The van der Waals surface area contributed by atoms with Gasteiger partial charge in [-0.15, -0.1) is 0 Å². The average Bonchev–Trinajstić information content (AvgIpc) is 3.03. The molecule has 152 valence electrons. The molecule has 0 aliphatic rings. The molecule has 1 aromatic heterocycles. The van der Waals surface area contributed by atoms with Crippen LogP contribution in [-0.2, 0) is 16.0 Å². The Kier molecular flexibility index (Phi) is 7.03. The molecule has 0 radical (unpaired) electrons. The van der Waals surface area contributed by atoms with Crippen molar-refractivity contribution in [1.82, 2.24) is 15.1 Å². The zero-order valence-corrected chi connectivity index (χ0v) is 17.1. The molecule has 0 bridgehead atoms. The summed E-state index contributed by atoms with van der Waals surface area (Å²) >= 11 is 0. The molecule has 6 nitrogen and oxygen atoms in total. The van der Waals surface area contributed by atoms with Crippen LogP contribution in [0.5, 0.6) is 11.6 Å². The van der Waals surface area contributed by atoms with Crippen molar-refractivity contribution >= 4 is 5.91 Å². The third-order valence-corrected chi connectivity index (χ3v) is 4.67. The van der Waals surface area contributed by atoms with E-state index in [2.05, 4.69) is 5.32 Å². The van der Waals surface area contributed by atoms with Crippen LogP contribution in [0.15, 0.2) is 54.6 Å². The highest BCUT2D eigenvalue weighted by Crippen LogP contribution is 2.32. The van der Waals surface area contributed by atoms with E-state index >= 15 is 0 Å². The quantitative estimate of drug-likeness (QED) is 0.559. The summed E-state index contributed by atoms with van der Waals surface area (Å²) < 4.78 is 13.1. The van der Waals surface area contributed by atoms with Crippen LogP contribution in [0.3, 0.4) is 0 Å². The van der Waals surface area contributed by atoms with E-state index in [1.807, 2.05) is 73.1 Å². The number of hydrogen-bond donors (Lipinski definition) is 1. The molecule has 1 amide bonds. The predicted octanol–water partition coefficient (Wildman–Crippen LogP) is 3.98. The highest BCUT2D eigenvalue weighted by atomic mass is 16.5. The van der Waals surface area contributed by atoms with E-state index < -0.39 is 0 Å². The Morgan fingerprint density at radius 3 is 2.52 bits per heavy atom. The van der Waals surface area contributed by atoms with Gasteiger partial charge in [-0.1, -0.05) is 36.4 Å². The fraction of sp³-hybridized carbons (Fsp3) is 0.304. The highest BCUT2D eigenvalue weighted by molar-refractivity contribution is 5.76. The van der Waals surface area contributed by atoms with Crippen molar-refractivity contribution < 1.29 is 14.3 Å². The molecule has 0 spiro atoms. The third kappa shape index (κ3) is 5.23. The zero-order valence-electron chi connectivity index (χ0n) is 17.1. The minimum absolute atomic E-state index is 0.0178. The lowest BCUT2D eigenvalue weighted by Gasteiger charge is -2.13. The topological polar surface area (TPSA) is 65.4 Å². The maximum atomic E-state index is 12.2. The first kappa shape index (κ1) is 20.6. The summed E-state index contributed by atoms with van der Waals surface area (Å²) in [6, 6.07) is 17.7. The van der Waals surface area contributed by atoms with Gasteiger partial charge in [0.1, 0.15) is 5.75 Å². The highest BCUT2D eigenvalue weighted by Gasteiger charge is 2.20. The molecule has 6 heteroatoms. The fourth-order valence-electron chi connectivity index (χ4n) is 3.11. The van der Waals surface area contributed by atoms with Crippen LogP contribution in [-0.4, -0.2) is 35.9 Å². The number of carbonyl (C=O) groups excluding carboxylic acids is 1. The second-order valence-corrected chi connectivity index (χ2v) is 6.83. The van der Waals surface area contributed by atoms with Crippen LogP contribution in [0, 0.1) is 13.8 Å². The Morgan fingerprint density at radius 1 is 1.07 bits per heavy atom. The first-order chi connectivity index (χ1) is 14.1. The van der Waals surface area contributed by atoms with Crippen LogP contribution in [0.1, 0.15) is 23.2 Å². The monoisotopic (exact) mass is 393 g/mol. The summed E-state index contributed by atoms with van der Waals surface area (Å²) in [6.07, 6.45) is 0.897. The summed E-state index contributed by atoms with van der Waals surface area (Å²) in [5, 5.41) is 7.59. The van der Waals surface area contributed by atoms with Crippen molar-refractivity contribution in [2.75, 3.05) is 20.3 Å². The van der Waals surface area contributed by atoms with Gasteiger partial charge in [-0.25, -0.2) is 0 Å². The summed E-state index contributed by atoms with van der Waals surface area (Å²) in [5.41, 5.74) is 3.83. The molecule has 3 rings (SSSR count). The molecule has 0 unspecified atom stereocenters. The normalized spacial score (nSPS) is 10.7. The Balaban J connectivity index is 1.90. The van der Waals surface area contributed by atoms with Gasteiger partial charge in [0.15, 0.2) is 0 Å². The van der Waals surface area contributed by atoms with Crippen LogP contribution < -0.4 is 10.1 Å². The van der Waals surface area contributed by atoms with E-state index in [-0.39, 0.29) is 5.91 Å². The standard InChI is InChI=1S/C23H27N3O3/c1-17-9-7-8-12-21(17)26-23(29-19-10-5-4-6-11-19)20(18(2)25-26)13-14-22(27)24-15-16-28-3/h4-12H,13-16H2,1-3H3,(H,24,27). The Labute approximate surface area is 171 Å². The molecule has 0 aliphatic carbocycles. The molecule has 0 saturated carbocycles. The molecular formula is C23H27N3O3. The largest absolute Gasteiger partial charge is 0.439 e. The summed E-state index contributed by atoms with van der Waals surface area (Å²) in [6.45, 7) is 4.99. The number of aromatic nitrogens is 2. The van der Waals surface area contributed by atoms with Gasteiger partial charge < -0.3 is 14.8 Å². The van der Waals surface area contributed by atoms with Gasteiger partial charge in [-0.05, 0) is 44.0 Å². The van der Waals surface area contributed by atoms with Gasteiger partial charge in [-0.2, -0.15) is 9.78 Å². The van der Waals surface area contributed by atoms with Crippen molar-refractivity contribution in [2.24, 2.45) is 0 Å². The number of hydrogen-bond acceptors (Lipinski definition) is 4. The van der Waals surface area contributed by atoms with Gasteiger partial charge >= 0.3 is 0 Å². The second-order valence-electron chi connectivity index (χ2n) is 6.83. The number of nitrogens with one attached hydrogen (secondary N) is 1. The van der Waals surface area contributed by atoms with E-state index in [1.54, 1.807) is 7.11 Å². The molecule has 0 fully saturated rings. The van der Waals surface area contributed by atoms with Crippen LogP contribution >= 0.6 is 0 Å². The summed E-state index contributed by atoms with van der Waals surface area (Å²) in [4.78, 5) is 12.2. The summed E-state index contributed by atoms with van der Waals surface area (Å²) in [7, 11) is 1.61. The predicted molar refractivity (Wildman–Crippen MR) is 113 cm³/mol. The number of amides is 1. The SMILES string of the molecule is COCCNC(=O)CCc1c(C)nn(-c2ccccc2C)c1Oc1ccccc1. The van der Waals surface area contributed by atoms with Gasteiger partial charge in [-0.3, -0.25) is 4.79 Å². The first-order valence-electron chi connectivity index (χ1n) is 9.73. The van der Waals surface area contributed by atoms with Gasteiger partial charge in [0.2, 0.25) is 11.8 Å². The Bertz CT molecular complexity index is 951. The van der Waals surface area contributed by atoms with Crippen molar-refractivity contribution in [1.29, 1.82) is 0 Å². The Morgan fingerprint density at radius 2 is 1.79 bits per heavy atom. The van der Waals surface area contributed by atoms with Crippen LogP contribution in [0.2, 0.25) is 0 Å². The lowest BCUT2D eigenvalue weighted by molar-refractivity contribution is -0.121. The van der Waals surface area contributed by atoms with Gasteiger partial charge in [0.05, 0.1) is 18.0 Å². The average molecular weight is 393 g/mol. The maximum Gasteiger partial charge on any atom is 0.226 e. The lowest BCUT2D eigenvalue weighted by atomic mass is 10.1. The smallest absolute Gasteiger partial charge is 0.226 e. The van der Waals surface area contributed by atoms with E-state index in [9.17, 15) is 4.79 Å². The second kappa shape index (κ2) is 9.89. The van der Waals surface area contributed by atoms with Gasteiger partial charge in [0, 0.05) is 25.6 Å². The van der Waals surface area contributed by atoms with Crippen molar-refractivity contribution in [2.45, 2.75) is 26.7 Å². The molecule has 3 aromatic rings. The molecule has 0 aliphatic heterocycles. The molecule has 1 heterocycles. The summed E-state index contributed by atoms with van der Waals surface area (Å²) in [5.74, 6) is 1.36. The van der Waals surface area contributed by atoms with E-state index in [0.29, 0.717) is 31.9 Å². The maximum absolute atomic E-state index is 12.2. The number of benzene rings is 2. The van der Waals surface area contributed by atoms with Crippen LogP contribution in [0.25, 0.3) is 5.69 Å². The number of rotatable bonds is 9. The number of para-hydroxylation sites is 2. The molecule has 2 aromatic carbocycles. The van der Waals surface area contributed by atoms with Crippen LogP contribution in [0.4, 0.5) is 0 Å². The molecule has 0 atom stereocenters. The number of methoxy groups -OCH3 is 1. The van der Waals surface area contributed by atoms with E-state index in [1.165, 1.54) is 0 Å². The molecular weight excluding hydrogens is 366 g/mol. The number of ether oxygens (including phenoxy) is 2. The number of nitrogens with zero attached hydrogens (tertiary/aromatic N) is 2. The molecule has 0 saturated heterocycles. The zero-order chi connectivity index (χ0) is 20.6. The van der Waals surface area contributed by atoms with Crippen molar-refractivity contribution in [3.05, 3.63) is 71.4 Å². The first-order valence-corrected chi connectivity index (χ1v) is 9.73. The van der Waals surface area contributed by atoms with Crippen molar-refractivity contribution in [3.63, 3.8) is 0 Å². The lowest BCUT2D eigenvalue weighted by Crippen LogP contribution is -2.27. The molecule has 1 N–H and O–H groups in total. The fourth-order valence-corrected chi connectivity index (χ4v) is 3.11.